The van der Waals surface area contributed by atoms with E-state index in [9.17, 15) is 13.2 Å². The lowest BCUT2D eigenvalue weighted by molar-refractivity contribution is 0.0955. The van der Waals surface area contributed by atoms with Crippen LogP contribution < -0.4 is 10.0 Å². The molecule has 0 aromatic carbocycles. The van der Waals surface area contributed by atoms with Gasteiger partial charge in [-0.2, -0.15) is 0 Å². The molecule has 0 radical (unpaired) electrons. The molecule has 1 fully saturated rings. The van der Waals surface area contributed by atoms with Crippen LogP contribution in [0.15, 0.2) is 10.6 Å². The van der Waals surface area contributed by atoms with Crippen molar-refractivity contribution in [3.63, 3.8) is 0 Å². The number of hydrogen-bond acceptors (Lipinski definition) is 6. The summed E-state index contributed by atoms with van der Waals surface area (Å²) >= 11 is 0. The summed E-state index contributed by atoms with van der Waals surface area (Å²) in [6.07, 6.45) is 3.85. The molecular formula is C18H26N4O4S. The van der Waals surface area contributed by atoms with Gasteiger partial charge in [0.15, 0.2) is 0 Å². The van der Waals surface area contributed by atoms with Gasteiger partial charge in [-0.15, -0.1) is 0 Å². The van der Waals surface area contributed by atoms with E-state index in [4.69, 9.17) is 4.52 Å². The number of carbonyl (C=O) groups excluding carboxylic acids is 1. The number of carbonyl (C=O) groups is 1. The van der Waals surface area contributed by atoms with Crippen molar-refractivity contribution in [2.75, 3.05) is 19.3 Å². The third-order valence-electron chi connectivity index (χ3n) is 4.25. The second kappa shape index (κ2) is 7.20. The Bertz CT molecular complexity index is 956. The molecule has 8 nitrogen and oxygen atoms in total. The fourth-order valence-electron chi connectivity index (χ4n) is 2.93. The minimum Gasteiger partial charge on any atom is -0.351 e. The van der Waals surface area contributed by atoms with E-state index in [0.717, 1.165) is 24.8 Å². The standard InChI is InChI=1S/C18H26N4O4S/c1-18(2,3)10-14-15-12(16(23)19-7-8-20-27(4,24)25)9-13(11-5-6-11)21-17(15)26-22-14/h9,11,20H,5-8,10H2,1-4H3,(H,19,23). The van der Waals surface area contributed by atoms with Gasteiger partial charge in [-0.05, 0) is 30.7 Å². The molecule has 27 heavy (non-hydrogen) atoms. The van der Waals surface area contributed by atoms with Gasteiger partial charge >= 0.3 is 0 Å². The lowest BCUT2D eigenvalue weighted by Crippen LogP contribution is -2.34. The summed E-state index contributed by atoms with van der Waals surface area (Å²) in [6.45, 7) is 6.60. The van der Waals surface area contributed by atoms with Crippen LogP contribution >= 0.6 is 0 Å². The van der Waals surface area contributed by atoms with E-state index in [2.05, 4.69) is 41.0 Å². The Kier molecular flexibility index (Phi) is 5.27. The van der Waals surface area contributed by atoms with Gasteiger partial charge in [0, 0.05) is 24.7 Å². The van der Waals surface area contributed by atoms with E-state index in [1.165, 1.54) is 0 Å². The van der Waals surface area contributed by atoms with Crippen LogP contribution in [0, 0.1) is 5.41 Å². The molecule has 2 heterocycles. The van der Waals surface area contributed by atoms with Crippen molar-refractivity contribution in [2.45, 2.75) is 46.0 Å². The number of nitrogens with one attached hydrogen (secondary N) is 2. The molecule has 1 aliphatic carbocycles. The smallest absolute Gasteiger partial charge is 0.259 e. The van der Waals surface area contributed by atoms with Crippen LogP contribution in [0.4, 0.5) is 0 Å². The summed E-state index contributed by atoms with van der Waals surface area (Å²) in [5.74, 6) is 0.0852. The van der Waals surface area contributed by atoms with Crippen molar-refractivity contribution in [3.05, 3.63) is 23.0 Å². The molecule has 1 saturated carbocycles. The Morgan fingerprint density at radius 1 is 1.30 bits per heavy atom. The minimum atomic E-state index is -3.29. The van der Waals surface area contributed by atoms with Crippen molar-refractivity contribution >= 4 is 27.0 Å². The van der Waals surface area contributed by atoms with Gasteiger partial charge < -0.3 is 9.84 Å². The Morgan fingerprint density at radius 3 is 2.59 bits per heavy atom. The molecule has 2 N–H and O–H groups in total. The number of rotatable bonds is 7. The maximum Gasteiger partial charge on any atom is 0.259 e. The lowest BCUT2D eigenvalue weighted by atomic mass is 9.89. The number of hydrogen-bond donors (Lipinski definition) is 2. The molecule has 1 amide bonds. The SMILES string of the molecule is CC(C)(C)Cc1noc2nc(C3CC3)cc(C(=O)NCCNS(C)(=O)=O)c12. The molecule has 0 bridgehead atoms. The maximum absolute atomic E-state index is 12.8. The molecule has 9 heteroatoms. The average Bonchev–Trinajstić information content (AvgIpc) is 3.31. The predicted molar refractivity (Wildman–Crippen MR) is 102 cm³/mol. The first-order valence-electron chi connectivity index (χ1n) is 9.05. The van der Waals surface area contributed by atoms with Gasteiger partial charge in [-0.25, -0.2) is 18.1 Å². The summed E-state index contributed by atoms with van der Waals surface area (Å²) in [5, 5.41) is 7.57. The Morgan fingerprint density at radius 2 is 2.00 bits per heavy atom. The van der Waals surface area contributed by atoms with E-state index >= 15 is 0 Å². The van der Waals surface area contributed by atoms with E-state index in [-0.39, 0.29) is 24.4 Å². The van der Waals surface area contributed by atoms with Crippen molar-refractivity contribution in [1.82, 2.24) is 20.2 Å². The molecule has 1 aliphatic rings. The highest BCUT2D eigenvalue weighted by Crippen LogP contribution is 2.40. The monoisotopic (exact) mass is 394 g/mol. The van der Waals surface area contributed by atoms with Gasteiger partial charge in [0.1, 0.15) is 0 Å². The zero-order chi connectivity index (χ0) is 19.8. The van der Waals surface area contributed by atoms with Crippen LogP contribution in [0.1, 0.15) is 61.3 Å². The highest BCUT2D eigenvalue weighted by Gasteiger charge is 2.29. The number of nitrogens with zero attached hydrogens (tertiary/aromatic N) is 2. The topological polar surface area (TPSA) is 114 Å². The van der Waals surface area contributed by atoms with Crippen molar-refractivity contribution in [3.8, 4) is 0 Å². The summed E-state index contributed by atoms with van der Waals surface area (Å²) in [7, 11) is -3.29. The first kappa shape index (κ1) is 19.8. The van der Waals surface area contributed by atoms with Crippen LogP contribution in [0.25, 0.3) is 11.1 Å². The summed E-state index contributed by atoms with van der Waals surface area (Å²) in [6, 6.07) is 1.82. The van der Waals surface area contributed by atoms with Crippen molar-refractivity contribution in [2.24, 2.45) is 5.41 Å². The average molecular weight is 394 g/mol. The van der Waals surface area contributed by atoms with Crippen LogP contribution in [-0.4, -0.2) is 43.8 Å². The molecule has 2 aromatic heterocycles. The van der Waals surface area contributed by atoms with E-state index < -0.39 is 10.0 Å². The number of sulfonamides is 1. The van der Waals surface area contributed by atoms with Crippen LogP contribution in [0.2, 0.25) is 0 Å². The lowest BCUT2D eigenvalue weighted by Gasteiger charge is -2.16. The highest BCUT2D eigenvalue weighted by atomic mass is 32.2. The van der Waals surface area contributed by atoms with Crippen molar-refractivity contribution in [1.29, 1.82) is 0 Å². The van der Waals surface area contributed by atoms with E-state index in [1.807, 2.05) is 6.07 Å². The number of pyridine rings is 1. The molecule has 0 aliphatic heterocycles. The van der Waals surface area contributed by atoms with E-state index in [0.29, 0.717) is 34.7 Å². The second-order valence-electron chi connectivity index (χ2n) is 8.34. The zero-order valence-electron chi connectivity index (χ0n) is 16.1. The summed E-state index contributed by atoms with van der Waals surface area (Å²) in [5.41, 5.74) is 2.42. The first-order valence-corrected chi connectivity index (χ1v) is 10.9. The van der Waals surface area contributed by atoms with Gasteiger partial charge in [-0.1, -0.05) is 25.9 Å². The normalized spacial score (nSPS) is 15.3. The van der Waals surface area contributed by atoms with Crippen LogP contribution in [0.3, 0.4) is 0 Å². The highest BCUT2D eigenvalue weighted by molar-refractivity contribution is 7.88. The van der Waals surface area contributed by atoms with Crippen LogP contribution in [0.5, 0.6) is 0 Å². The Labute approximate surface area is 159 Å². The number of aromatic nitrogens is 2. The maximum atomic E-state index is 12.8. The van der Waals surface area contributed by atoms with E-state index in [1.54, 1.807) is 0 Å². The number of amides is 1. The molecular weight excluding hydrogens is 368 g/mol. The quantitative estimate of drug-likeness (QED) is 0.694. The predicted octanol–water partition coefficient (Wildman–Crippen LogP) is 1.97. The number of fused-ring (bicyclic) bond motifs is 1. The third-order valence-corrected chi connectivity index (χ3v) is 4.98. The first-order chi connectivity index (χ1) is 12.5. The molecule has 3 rings (SSSR count). The van der Waals surface area contributed by atoms with Gasteiger partial charge in [-0.3, -0.25) is 4.79 Å². The molecule has 0 saturated heterocycles. The summed E-state index contributed by atoms with van der Waals surface area (Å²) < 4.78 is 30.1. The fraction of sp³-hybridized carbons (Fsp3) is 0.611. The zero-order valence-corrected chi connectivity index (χ0v) is 16.9. The van der Waals surface area contributed by atoms with Gasteiger partial charge in [0.2, 0.25) is 10.0 Å². The molecule has 0 spiro atoms. The third kappa shape index (κ3) is 5.26. The van der Waals surface area contributed by atoms with Gasteiger partial charge in [0.25, 0.3) is 11.6 Å². The molecule has 0 unspecified atom stereocenters. The fourth-order valence-corrected chi connectivity index (χ4v) is 3.40. The largest absolute Gasteiger partial charge is 0.351 e. The Hall–Kier alpha value is -2.00. The van der Waals surface area contributed by atoms with Gasteiger partial charge in [0.05, 0.1) is 22.9 Å². The molecule has 2 aromatic rings. The van der Waals surface area contributed by atoms with Crippen LogP contribution in [-0.2, 0) is 16.4 Å². The second-order valence-corrected chi connectivity index (χ2v) is 10.2. The molecule has 0 atom stereocenters. The Balaban J connectivity index is 1.88. The minimum absolute atomic E-state index is 0.0217. The molecule has 148 valence electrons. The summed E-state index contributed by atoms with van der Waals surface area (Å²) in [4.78, 5) is 17.4. The van der Waals surface area contributed by atoms with Crippen molar-refractivity contribution < 1.29 is 17.7 Å².